The average Bonchev–Trinajstić information content (AvgIpc) is 3.46. The molecule has 3 aromatic carbocycles. The summed E-state index contributed by atoms with van der Waals surface area (Å²) in [7, 11) is 0. The lowest BCUT2D eigenvalue weighted by molar-refractivity contribution is -0.135. The van der Waals surface area contributed by atoms with Crippen molar-refractivity contribution in [3.63, 3.8) is 0 Å². The summed E-state index contributed by atoms with van der Waals surface area (Å²) in [6.07, 6.45) is -2.09. The van der Waals surface area contributed by atoms with Gasteiger partial charge in [0.15, 0.2) is 5.82 Å². The molecule has 2 saturated heterocycles. The van der Waals surface area contributed by atoms with Crippen molar-refractivity contribution in [2.75, 3.05) is 42.1 Å². The first-order valence-corrected chi connectivity index (χ1v) is 15.6. The minimum Gasteiger partial charge on any atom is -0.376 e. The molecule has 0 unspecified atom stereocenters. The van der Waals surface area contributed by atoms with Crippen LogP contribution in [0.2, 0.25) is 5.02 Å². The molecule has 0 saturated carbocycles. The number of urea groups is 1. The molecule has 2 heterocycles. The Balaban J connectivity index is 1.28. The lowest BCUT2D eigenvalue weighted by Gasteiger charge is -2.32. The average molecular weight is 702 g/mol. The van der Waals surface area contributed by atoms with E-state index in [2.05, 4.69) is 16.0 Å². The molecule has 6 N–H and O–H groups in total. The van der Waals surface area contributed by atoms with Crippen LogP contribution < -0.4 is 21.7 Å². The predicted molar refractivity (Wildman–Crippen MR) is 176 cm³/mol. The Labute approximate surface area is 283 Å². The Hall–Kier alpha value is -5.18. The third kappa shape index (κ3) is 8.11. The normalized spacial score (nSPS) is 18.5. The summed E-state index contributed by atoms with van der Waals surface area (Å²) in [5.41, 5.74) is 4.99. The highest BCUT2D eigenvalue weighted by molar-refractivity contribution is 6.44. The van der Waals surface area contributed by atoms with Crippen LogP contribution in [0.25, 0.3) is 11.1 Å². The van der Waals surface area contributed by atoms with E-state index < -0.39 is 73.1 Å². The molecule has 16 heteroatoms. The van der Waals surface area contributed by atoms with Crippen LogP contribution >= 0.6 is 11.6 Å². The van der Waals surface area contributed by atoms with Crippen molar-refractivity contribution in [2.24, 2.45) is 5.73 Å². The van der Waals surface area contributed by atoms with Crippen molar-refractivity contribution >= 4 is 58.1 Å². The highest BCUT2D eigenvalue weighted by Crippen LogP contribution is 2.33. The molecule has 0 aromatic heterocycles. The van der Waals surface area contributed by atoms with Crippen LogP contribution in [0.3, 0.4) is 0 Å². The highest BCUT2D eigenvalue weighted by Gasteiger charge is 2.40. The van der Waals surface area contributed by atoms with Crippen molar-refractivity contribution in [3.05, 3.63) is 77.1 Å². The second-order valence-corrected chi connectivity index (χ2v) is 12.1. The van der Waals surface area contributed by atoms with Gasteiger partial charge in [-0.25, -0.2) is 22.4 Å². The van der Waals surface area contributed by atoms with E-state index in [0.29, 0.717) is 10.6 Å². The number of nitrogens with one attached hydrogen (secondary N) is 4. The number of carbonyl (C=O) groups is 4. The molecule has 258 valence electrons. The highest BCUT2D eigenvalue weighted by atomic mass is 35.5. The standard InChI is InChI=1S/C33H32ClF4N7O4/c34-23-7-2-1-5-20(23)21-6-3-8-25(28(21)36)43-31(48)26-13-18(35)16-45(26)27(46)15-41-24-10-9-19(14-22(24)29(39)30(40)47)42-32(49)44-12-4-11-33(37,38)17-44/h1-3,5-10,14,18,26,39,41H,4,11-13,15-17H2,(H2,40,47)(H,42,49)(H,43,48)/t18-,26+/m1/s1. The Kier molecular flexibility index (Phi) is 10.4. The van der Waals surface area contributed by atoms with Gasteiger partial charge in [-0.2, -0.15) is 0 Å². The maximum absolute atomic E-state index is 15.5. The van der Waals surface area contributed by atoms with E-state index in [-0.39, 0.29) is 54.0 Å². The lowest BCUT2D eigenvalue weighted by Crippen LogP contribution is -2.47. The van der Waals surface area contributed by atoms with Gasteiger partial charge in [0.05, 0.1) is 25.3 Å². The van der Waals surface area contributed by atoms with Gasteiger partial charge < -0.3 is 31.5 Å². The van der Waals surface area contributed by atoms with Crippen LogP contribution in [0.5, 0.6) is 0 Å². The first kappa shape index (κ1) is 35.1. The van der Waals surface area contributed by atoms with Gasteiger partial charge in [-0.3, -0.25) is 19.8 Å². The van der Waals surface area contributed by atoms with Crippen molar-refractivity contribution in [3.8, 4) is 11.1 Å². The maximum Gasteiger partial charge on any atom is 0.322 e. The van der Waals surface area contributed by atoms with Crippen LogP contribution in [0, 0.1) is 11.2 Å². The van der Waals surface area contributed by atoms with Gasteiger partial charge in [0, 0.05) is 52.5 Å². The number of hydrogen-bond donors (Lipinski definition) is 5. The number of benzene rings is 3. The second kappa shape index (κ2) is 14.5. The van der Waals surface area contributed by atoms with E-state index in [9.17, 15) is 32.3 Å². The fourth-order valence-corrected chi connectivity index (χ4v) is 6.01. The number of carbonyl (C=O) groups excluding carboxylic acids is 4. The van der Waals surface area contributed by atoms with Crippen molar-refractivity contribution in [1.82, 2.24) is 9.80 Å². The largest absolute Gasteiger partial charge is 0.376 e. The van der Waals surface area contributed by atoms with E-state index in [1.165, 1.54) is 36.4 Å². The van der Waals surface area contributed by atoms with Crippen LogP contribution in [0.1, 0.15) is 24.8 Å². The minimum absolute atomic E-state index is 0.0649. The second-order valence-electron chi connectivity index (χ2n) is 11.7. The van der Waals surface area contributed by atoms with Gasteiger partial charge in [-0.15, -0.1) is 0 Å². The summed E-state index contributed by atoms with van der Waals surface area (Å²) in [5.74, 6) is -6.45. The smallest absolute Gasteiger partial charge is 0.322 e. The molecule has 2 aliphatic rings. The number of anilines is 3. The molecule has 0 bridgehead atoms. The van der Waals surface area contributed by atoms with Gasteiger partial charge in [0.25, 0.3) is 11.8 Å². The molecular weight excluding hydrogens is 670 g/mol. The third-order valence-corrected chi connectivity index (χ3v) is 8.52. The molecule has 2 atom stereocenters. The fraction of sp³-hybridized carbons (Fsp3) is 0.303. The zero-order chi connectivity index (χ0) is 35.5. The molecule has 0 radical (unpaired) electrons. The topological polar surface area (TPSA) is 161 Å². The summed E-state index contributed by atoms with van der Waals surface area (Å²) < 4.78 is 57.7. The van der Waals surface area contributed by atoms with Crippen LogP contribution in [0.4, 0.5) is 39.4 Å². The fourth-order valence-electron chi connectivity index (χ4n) is 5.77. The number of nitrogens with zero attached hydrogens (tertiary/aromatic N) is 2. The first-order chi connectivity index (χ1) is 23.2. The number of rotatable bonds is 9. The third-order valence-electron chi connectivity index (χ3n) is 8.19. The Morgan fingerprint density at radius 2 is 1.73 bits per heavy atom. The summed E-state index contributed by atoms with van der Waals surface area (Å²) >= 11 is 6.22. The monoisotopic (exact) mass is 701 g/mol. The van der Waals surface area contributed by atoms with Crippen molar-refractivity contribution < 1.29 is 36.7 Å². The van der Waals surface area contributed by atoms with Gasteiger partial charge in [-0.1, -0.05) is 41.9 Å². The molecule has 0 aliphatic carbocycles. The predicted octanol–water partition coefficient (Wildman–Crippen LogP) is 5.25. The molecule has 0 spiro atoms. The zero-order valence-corrected chi connectivity index (χ0v) is 26.6. The van der Waals surface area contributed by atoms with Gasteiger partial charge >= 0.3 is 6.03 Å². The van der Waals surface area contributed by atoms with Crippen molar-refractivity contribution in [2.45, 2.75) is 37.4 Å². The number of alkyl halides is 3. The molecule has 5 amide bonds. The number of likely N-dealkylation sites (tertiary alicyclic amines) is 2. The number of halogens is 5. The van der Waals surface area contributed by atoms with E-state index in [4.69, 9.17) is 22.7 Å². The molecular formula is C33H32ClF4N7O4. The number of amides is 5. The quantitative estimate of drug-likeness (QED) is 0.152. The van der Waals surface area contributed by atoms with Crippen LogP contribution in [-0.2, 0) is 14.4 Å². The zero-order valence-electron chi connectivity index (χ0n) is 25.9. The Morgan fingerprint density at radius 1 is 1.00 bits per heavy atom. The van der Waals surface area contributed by atoms with Gasteiger partial charge in [-0.05, 0) is 36.8 Å². The number of piperidine rings is 1. The summed E-state index contributed by atoms with van der Waals surface area (Å²) in [6.45, 7) is -1.57. The molecule has 3 aromatic rings. The van der Waals surface area contributed by atoms with E-state index >= 15 is 4.39 Å². The summed E-state index contributed by atoms with van der Waals surface area (Å²) in [6, 6.07) is 12.7. The van der Waals surface area contributed by atoms with E-state index in [0.717, 1.165) is 9.80 Å². The molecule has 49 heavy (non-hydrogen) atoms. The Morgan fingerprint density at radius 3 is 2.45 bits per heavy atom. The first-order valence-electron chi connectivity index (χ1n) is 15.2. The van der Waals surface area contributed by atoms with Crippen LogP contribution in [0.15, 0.2) is 60.7 Å². The van der Waals surface area contributed by atoms with E-state index in [1.54, 1.807) is 24.3 Å². The molecule has 5 rings (SSSR count). The summed E-state index contributed by atoms with van der Waals surface area (Å²) in [5, 5.41) is 16.1. The molecule has 2 fully saturated rings. The maximum atomic E-state index is 15.5. The number of primary amides is 1. The Bertz CT molecular complexity index is 1810. The van der Waals surface area contributed by atoms with Crippen molar-refractivity contribution in [1.29, 1.82) is 5.41 Å². The lowest BCUT2D eigenvalue weighted by atomic mass is 10.0. The van der Waals surface area contributed by atoms with Gasteiger partial charge in [0.2, 0.25) is 11.8 Å². The van der Waals surface area contributed by atoms with Gasteiger partial charge in [0.1, 0.15) is 17.9 Å². The number of hydrogen-bond acceptors (Lipinski definition) is 6. The number of nitrogens with two attached hydrogens (primary N) is 1. The SMILES string of the molecule is N=C(C(N)=O)c1cc(NC(=O)N2CCCC(F)(F)C2)ccc1NCC(=O)N1C[C@H](F)C[C@H]1C(=O)Nc1cccc(-c2ccccc2Cl)c1F. The van der Waals surface area contributed by atoms with Crippen LogP contribution in [-0.4, -0.2) is 83.6 Å². The summed E-state index contributed by atoms with van der Waals surface area (Å²) in [4.78, 5) is 53.1. The molecule has 11 nitrogen and oxygen atoms in total. The minimum atomic E-state index is -3.02. The van der Waals surface area contributed by atoms with E-state index in [1.807, 2.05) is 0 Å². The molecule has 2 aliphatic heterocycles.